The molecular weight excluding hydrogens is 404 g/mol. The van der Waals surface area contributed by atoms with E-state index in [1.54, 1.807) is 12.1 Å². The monoisotopic (exact) mass is 428 g/mol. The second kappa shape index (κ2) is 7.70. The maximum Gasteiger partial charge on any atom is 0.262 e. The number of fused-ring (bicyclic) bond motifs is 1. The van der Waals surface area contributed by atoms with Crippen molar-refractivity contribution in [1.29, 1.82) is 0 Å². The molecule has 0 aromatic heterocycles. The van der Waals surface area contributed by atoms with Gasteiger partial charge < -0.3 is 10.0 Å². The number of piperazine rings is 1. The van der Waals surface area contributed by atoms with E-state index in [0.29, 0.717) is 39.0 Å². The number of amides is 4. The largest absolute Gasteiger partial charge is 0.393 e. The van der Waals surface area contributed by atoms with Gasteiger partial charge in [-0.3, -0.25) is 34.2 Å². The number of carbonyl (C=O) groups excluding carboxylic acids is 4. The van der Waals surface area contributed by atoms with Gasteiger partial charge in [0.05, 0.1) is 23.3 Å². The lowest BCUT2D eigenvalue weighted by Crippen LogP contribution is -2.54. The van der Waals surface area contributed by atoms with Gasteiger partial charge in [-0.05, 0) is 24.6 Å². The molecule has 5 rings (SSSR count). The van der Waals surface area contributed by atoms with Crippen molar-refractivity contribution in [2.75, 3.05) is 31.1 Å². The Morgan fingerprint density at radius 2 is 1.68 bits per heavy atom. The van der Waals surface area contributed by atoms with E-state index in [1.807, 2.05) is 11.1 Å². The van der Waals surface area contributed by atoms with E-state index >= 15 is 0 Å². The van der Waals surface area contributed by atoms with Crippen LogP contribution < -0.4 is 10.2 Å². The number of piperidine rings is 1. The van der Waals surface area contributed by atoms with Gasteiger partial charge in [-0.25, -0.2) is 0 Å². The molecule has 1 atom stereocenters. The SMILES string of the molecule is O=C1CCC(N2C(=O)c3ccc(N4CCN(O[C@H]5C[C@H](O)C5)CC4)cc3C2=O)C(=O)N1. The van der Waals surface area contributed by atoms with Crippen molar-refractivity contribution in [3.63, 3.8) is 0 Å². The van der Waals surface area contributed by atoms with Crippen LogP contribution in [0.25, 0.3) is 0 Å². The Labute approximate surface area is 178 Å². The molecule has 0 radical (unpaired) electrons. The number of nitrogens with zero attached hydrogens (tertiary/aromatic N) is 3. The lowest BCUT2D eigenvalue weighted by molar-refractivity contribution is -0.236. The van der Waals surface area contributed by atoms with Gasteiger partial charge in [-0.2, -0.15) is 5.06 Å². The highest BCUT2D eigenvalue weighted by atomic mass is 16.7. The van der Waals surface area contributed by atoms with Gasteiger partial charge in [-0.1, -0.05) is 0 Å². The van der Waals surface area contributed by atoms with Crippen molar-refractivity contribution in [2.45, 2.75) is 43.9 Å². The van der Waals surface area contributed by atoms with Crippen molar-refractivity contribution in [3.8, 4) is 0 Å². The molecule has 10 heteroatoms. The summed E-state index contributed by atoms with van der Waals surface area (Å²) in [5.74, 6) is -2.00. The minimum atomic E-state index is -0.959. The number of aliphatic hydroxyl groups is 1. The third-order valence-corrected chi connectivity index (χ3v) is 6.40. The Kier molecular flexibility index (Phi) is 4.99. The summed E-state index contributed by atoms with van der Waals surface area (Å²) in [5, 5.41) is 13.5. The Bertz CT molecular complexity index is 951. The number of carbonyl (C=O) groups is 4. The number of rotatable bonds is 4. The number of hydrogen-bond donors (Lipinski definition) is 2. The van der Waals surface area contributed by atoms with E-state index in [4.69, 9.17) is 4.84 Å². The van der Waals surface area contributed by atoms with Crippen molar-refractivity contribution < 1.29 is 29.1 Å². The summed E-state index contributed by atoms with van der Waals surface area (Å²) in [6.07, 6.45) is 1.42. The lowest BCUT2D eigenvalue weighted by atomic mass is 9.93. The first-order valence-corrected chi connectivity index (χ1v) is 10.6. The molecule has 4 amide bonds. The van der Waals surface area contributed by atoms with Crippen LogP contribution in [0, 0.1) is 0 Å². The minimum Gasteiger partial charge on any atom is -0.393 e. The maximum absolute atomic E-state index is 13.0. The van der Waals surface area contributed by atoms with Crippen LogP contribution in [0.15, 0.2) is 18.2 Å². The van der Waals surface area contributed by atoms with Crippen LogP contribution in [0.5, 0.6) is 0 Å². The molecule has 31 heavy (non-hydrogen) atoms. The number of benzene rings is 1. The molecule has 3 aliphatic heterocycles. The van der Waals surface area contributed by atoms with Crippen molar-refractivity contribution in [1.82, 2.24) is 15.3 Å². The zero-order valence-corrected chi connectivity index (χ0v) is 17.0. The van der Waals surface area contributed by atoms with Crippen molar-refractivity contribution in [2.24, 2.45) is 0 Å². The van der Waals surface area contributed by atoms with Gasteiger partial charge in [-0.15, -0.1) is 0 Å². The molecule has 164 valence electrons. The Morgan fingerprint density at radius 3 is 2.35 bits per heavy atom. The number of aliphatic hydroxyl groups excluding tert-OH is 1. The third-order valence-electron chi connectivity index (χ3n) is 6.40. The van der Waals surface area contributed by atoms with E-state index < -0.39 is 29.7 Å². The average Bonchev–Trinajstić information content (AvgIpc) is 2.98. The maximum atomic E-state index is 13.0. The molecule has 1 aromatic rings. The highest BCUT2D eigenvalue weighted by Gasteiger charge is 2.44. The molecule has 1 aliphatic carbocycles. The molecular formula is C21H24N4O6. The number of hydroxylamine groups is 2. The van der Waals surface area contributed by atoms with Crippen LogP contribution >= 0.6 is 0 Å². The molecule has 10 nitrogen and oxygen atoms in total. The van der Waals surface area contributed by atoms with Crippen LogP contribution in [0.2, 0.25) is 0 Å². The minimum absolute atomic E-state index is 0.0865. The fraction of sp³-hybridized carbons (Fsp3) is 0.524. The number of nitrogens with one attached hydrogen (secondary N) is 1. The van der Waals surface area contributed by atoms with Gasteiger partial charge in [0, 0.05) is 51.1 Å². The summed E-state index contributed by atoms with van der Waals surface area (Å²) in [5.41, 5.74) is 1.40. The average molecular weight is 428 g/mol. The molecule has 2 saturated heterocycles. The van der Waals surface area contributed by atoms with Gasteiger partial charge >= 0.3 is 0 Å². The van der Waals surface area contributed by atoms with Crippen LogP contribution in [0.1, 0.15) is 46.4 Å². The fourth-order valence-electron chi connectivity index (χ4n) is 4.54. The Morgan fingerprint density at radius 1 is 0.968 bits per heavy atom. The molecule has 0 spiro atoms. The summed E-state index contributed by atoms with van der Waals surface area (Å²) >= 11 is 0. The summed E-state index contributed by atoms with van der Waals surface area (Å²) in [6.45, 7) is 2.79. The normalized spacial score (nSPS) is 29.1. The van der Waals surface area contributed by atoms with E-state index in [1.165, 1.54) is 0 Å². The quantitative estimate of drug-likeness (QED) is 0.626. The Balaban J connectivity index is 1.26. The molecule has 0 bridgehead atoms. The predicted octanol–water partition coefficient (Wildman–Crippen LogP) is -0.335. The van der Waals surface area contributed by atoms with Gasteiger partial charge in [0.25, 0.3) is 11.8 Å². The molecule has 4 aliphatic rings. The molecule has 3 heterocycles. The van der Waals surface area contributed by atoms with E-state index in [2.05, 4.69) is 10.2 Å². The first-order chi connectivity index (χ1) is 14.9. The second-order valence-electron chi connectivity index (χ2n) is 8.45. The van der Waals surface area contributed by atoms with Gasteiger partial charge in [0.15, 0.2) is 0 Å². The number of hydrogen-bond acceptors (Lipinski definition) is 8. The molecule has 3 fully saturated rings. The zero-order chi connectivity index (χ0) is 21.7. The highest BCUT2D eigenvalue weighted by molar-refractivity contribution is 6.23. The van der Waals surface area contributed by atoms with Gasteiger partial charge in [0.1, 0.15) is 6.04 Å². The predicted molar refractivity (Wildman–Crippen MR) is 107 cm³/mol. The van der Waals surface area contributed by atoms with Crippen molar-refractivity contribution >= 4 is 29.3 Å². The van der Waals surface area contributed by atoms with Crippen LogP contribution in [-0.2, 0) is 14.4 Å². The highest BCUT2D eigenvalue weighted by Crippen LogP contribution is 2.31. The summed E-state index contributed by atoms with van der Waals surface area (Å²) in [6, 6.07) is 4.20. The smallest absolute Gasteiger partial charge is 0.262 e. The summed E-state index contributed by atoms with van der Waals surface area (Å²) in [7, 11) is 0. The Hall–Kier alpha value is -2.82. The van der Waals surface area contributed by atoms with E-state index in [0.717, 1.165) is 10.6 Å². The molecule has 1 unspecified atom stereocenters. The third kappa shape index (κ3) is 3.60. The van der Waals surface area contributed by atoms with E-state index in [-0.39, 0.29) is 36.2 Å². The fourth-order valence-corrected chi connectivity index (χ4v) is 4.54. The van der Waals surface area contributed by atoms with Crippen LogP contribution in [0.4, 0.5) is 5.69 Å². The summed E-state index contributed by atoms with van der Waals surface area (Å²) < 4.78 is 0. The topological polar surface area (TPSA) is 119 Å². The van der Waals surface area contributed by atoms with E-state index in [9.17, 15) is 24.3 Å². The zero-order valence-electron chi connectivity index (χ0n) is 17.0. The van der Waals surface area contributed by atoms with Crippen LogP contribution in [0.3, 0.4) is 0 Å². The first-order valence-electron chi connectivity index (χ1n) is 10.6. The van der Waals surface area contributed by atoms with Crippen molar-refractivity contribution in [3.05, 3.63) is 29.3 Å². The molecule has 2 N–H and O–H groups in total. The standard InChI is InChI=1S/C21H24N4O6/c26-13-10-14(11-13)31-24-7-5-23(6-8-24)12-1-2-15-16(9-12)21(30)25(20(15)29)17-3-4-18(27)22-19(17)28/h1-2,9,13-14,17,26H,3-8,10-11H2,(H,22,27,28)/t13-,14-,17?. The first kappa shape index (κ1) is 20.1. The molecule has 1 aromatic carbocycles. The number of anilines is 1. The van der Waals surface area contributed by atoms with Gasteiger partial charge in [0.2, 0.25) is 11.8 Å². The molecule has 1 saturated carbocycles. The number of imide groups is 2. The summed E-state index contributed by atoms with van der Waals surface area (Å²) in [4.78, 5) is 58.3. The second-order valence-corrected chi connectivity index (χ2v) is 8.45. The van der Waals surface area contributed by atoms with Crippen LogP contribution in [-0.4, -0.2) is 83.1 Å². The lowest BCUT2D eigenvalue weighted by Gasteiger charge is -2.40.